The summed E-state index contributed by atoms with van der Waals surface area (Å²) >= 11 is 2.66. The van der Waals surface area contributed by atoms with Crippen molar-refractivity contribution in [3.05, 3.63) is 0 Å². The zero-order valence-corrected chi connectivity index (χ0v) is 8.94. The Kier molecular flexibility index (Phi) is 19.1. The van der Waals surface area contributed by atoms with Gasteiger partial charge in [0.05, 0.1) is 0 Å². The van der Waals surface area contributed by atoms with Crippen LogP contribution in [-0.2, 0) is 9.59 Å². The second kappa shape index (κ2) is 13.1. The summed E-state index contributed by atoms with van der Waals surface area (Å²) in [5.41, 5.74) is 0. The molecule has 68 valence electrons. The third-order valence-electron chi connectivity index (χ3n) is 0. The molecule has 0 amide bonds. The van der Waals surface area contributed by atoms with Crippen LogP contribution in [0.25, 0.3) is 0 Å². The zero-order valence-electron chi connectivity index (χ0n) is 7.79. The van der Waals surface area contributed by atoms with Crippen LogP contribution >= 0.6 is 0 Å². The molecular formula is C7H13AlO4. The zero-order chi connectivity index (χ0) is 10.7. The van der Waals surface area contributed by atoms with Gasteiger partial charge in [-0.25, -0.2) is 0 Å². The number of carboxylic acid groups (broad SMARTS) is 2. The molecule has 0 aromatic carbocycles. The fraction of sp³-hybridized carbons (Fsp3) is 0.714. The summed E-state index contributed by atoms with van der Waals surface area (Å²) in [4.78, 5) is 17.8. The fourth-order valence-electron chi connectivity index (χ4n) is 0. The van der Waals surface area contributed by atoms with E-state index >= 15 is 0 Å². The van der Waals surface area contributed by atoms with Crippen molar-refractivity contribution < 1.29 is 19.8 Å². The Bertz CT molecular complexity index is 99.8. The van der Waals surface area contributed by atoms with E-state index in [0.717, 1.165) is 18.6 Å². The number of rotatable bonds is 0. The van der Waals surface area contributed by atoms with E-state index in [2.05, 4.69) is 30.1 Å². The van der Waals surface area contributed by atoms with E-state index in [1.165, 1.54) is 0 Å². The molecule has 0 fully saturated rings. The molecule has 0 aliphatic carbocycles. The molecule has 0 atom stereocenters. The second-order valence-electron chi connectivity index (χ2n) is 2.23. The third kappa shape index (κ3) is 2440. The molecule has 0 saturated heterocycles. The summed E-state index contributed by atoms with van der Waals surface area (Å²) < 4.78 is 0.750. The Balaban J connectivity index is -0.000000101. The molecule has 5 heteroatoms. The Labute approximate surface area is 81.0 Å². The van der Waals surface area contributed by atoms with Crippen molar-refractivity contribution >= 4 is 28.2 Å². The first-order valence-corrected chi connectivity index (χ1v) is 3.97. The predicted octanol–water partition coefficient (Wildman–Crippen LogP) is -1.50. The average Bonchev–Trinajstić information content (AvgIpc) is 1.54. The van der Waals surface area contributed by atoms with Gasteiger partial charge < -0.3 is 19.8 Å². The van der Waals surface area contributed by atoms with Gasteiger partial charge in [0.1, 0.15) is 0 Å². The molecule has 0 saturated carbocycles. The average molecular weight is 188 g/mol. The molecule has 0 spiro atoms. The molecule has 12 heavy (non-hydrogen) atoms. The van der Waals surface area contributed by atoms with Crippen molar-refractivity contribution in [1.82, 2.24) is 0 Å². The van der Waals surface area contributed by atoms with E-state index in [4.69, 9.17) is 19.8 Å². The Hall–Kier alpha value is -0.528. The molecule has 0 rings (SSSR count). The first-order chi connectivity index (χ1) is 5.20. The van der Waals surface area contributed by atoms with Gasteiger partial charge in [-0.3, -0.25) is 0 Å². The van der Waals surface area contributed by atoms with Gasteiger partial charge in [0.15, 0.2) is 0 Å². The van der Waals surface area contributed by atoms with E-state index < -0.39 is 11.9 Å². The van der Waals surface area contributed by atoms with Gasteiger partial charge >= 0.3 is 34.9 Å². The van der Waals surface area contributed by atoms with Crippen LogP contribution in [0.3, 0.4) is 0 Å². The van der Waals surface area contributed by atoms with Crippen molar-refractivity contribution in [2.24, 2.45) is 0 Å². The van der Waals surface area contributed by atoms with E-state index in [1.54, 1.807) is 0 Å². The van der Waals surface area contributed by atoms with E-state index in [1.807, 2.05) is 0 Å². The van der Waals surface area contributed by atoms with Crippen LogP contribution in [0, 0.1) is 0 Å². The minimum absolute atomic E-state index is 0.750. The van der Waals surface area contributed by atoms with Crippen LogP contribution in [-0.4, -0.2) is 28.2 Å². The Morgan fingerprint density at radius 3 is 1.08 bits per heavy atom. The molecule has 0 aromatic rings. The maximum atomic E-state index is 8.89. The summed E-state index contributed by atoms with van der Waals surface area (Å²) in [6.45, 7) is 6.20. The van der Waals surface area contributed by atoms with Crippen molar-refractivity contribution in [2.45, 2.75) is 32.5 Å². The van der Waals surface area contributed by atoms with Gasteiger partial charge in [0, 0.05) is 11.9 Å². The molecule has 0 N–H and O–H groups in total. The topological polar surface area (TPSA) is 80.3 Å². The molecule has 4 nitrogen and oxygen atoms in total. The van der Waals surface area contributed by atoms with Crippen LogP contribution in [0.15, 0.2) is 0 Å². The van der Waals surface area contributed by atoms with Gasteiger partial charge in [0.2, 0.25) is 0 Å². The summed E-state index contributed by atoms with van der Waals surface area (Å²) in [7, 11) is 0. The maximum absolute atomic E-state index is 8.89. The first kappa shape index (κ1) is 17.5. The van der Waals surface area contributed by atoms with Crippen molar-refractivity contribution in [1.29, 1.82) is 0 Å². The summed E-state index contributed by atoms with van der Waals surface area (Å²) in [5.74, 6) is -2.17. The van der Waals surface area contributed by atoms with E-state index in [9.17, 15) is 0 Å². The molecule has 0 unspecified atom stereocenters. The fourth-order valence-corrected chi connectivity index (χ4v) is 0. The molecule has 0 aliphatic rings. The Morgan fingerprint density at radius 2 is 1.08 bits per heavy atom. The standard InChI is InChI=1S/C3H7.2C2H4O2.Al/c1-3-2;2*1-2(3)4;/h3H,1-2H3;2*1H3,(H,3,4);/q;;;+2/p-2. The van der Waals surface area contributed by atoms with Gasteiger partial charge in [-0.2, -0.15) is 0 Å². The number of carbonyl (C=O) groups is 2. The SMILES string of the molecule is CC(=O)[O-].CC(=O)[O-].C[CH](C)[Al+2]. The second-order valence-corrected chi connectivity index (χ2v) is 3.56. The quantitative estimate of drug-likeness (QED) is 0.433. The number of hydrogen-bond acceptors (Lipinski definition) is 4. The normalized spacial score (nSPS) is 7.25. The molecular weight excluding hydrogens is 175 g/mol. The monoisotopic (exact) mass is 188 g/mol. The van der Waals surface area contributed by atoms with Crippen LogP contribution in [0.5, 0.6) is 0 Å². The number of hydrogen-bond donors (Lipinski definition) is 0. The van der Waals surface area contributed by atoms with Gasteiger partial charge in [0.25, 0.3) is 0 Å². The van der Waals surface area contributed by atoms with Gasteiger partial charge in [-0.1, -0.05) is 0 Å². The van der Waals surface area contributed by atoms with Crippen molar-refractivity contribution in [2.75, 3.05) is 0 Å². The number of aliphatic carboxylic acids is 2. The van der Waals surface area contributed by atoms with Crippen LogP contribution in [0.2, 0.25) is 4.78 Å². The number of carboxylic acids is 2. The third-order valence-corrected chi connectivity index (χ3v) is 0. The summed E-state index contributed by atoms with van der Waals surface area (Å²) in [5, 5.41) is 17.8. The van der Waals surface area contributed by atoms with Crippen LogP contribution < -0.4 is 10.2 Å². The molecule has 0 radical (unpaired) electrons. The van der Waals surface area contributed by atoms with Gasteiger partial charge in [-0.15, -0.1) is 0 Å². The number of carbonyl (C=O) groups excluding carboxylic acids is 2. The van der Waals surface area contributed by atoms with Crippen LogP contribution in [0.1, 0.15) is 27.7 Å². The predicted molar refractivity (Wildman–Crippen MR) is 42.2 cm³/mol. The van der Waals surface area contributed by atoms with E-state index in [0.29, 0.717) is 0 Å². The summed E-state index contributed by atoms with van der Waals surface area (Å²) in [6, 6.07) is 0. The first-order valence-electron chi connectivity index (χ1n) is 3.30. The molecule has 0 aromatic heterocycles. The minimum atomic E-state index is -1.08. The van der Waals surface area contributed by atoms with Crippen molar-refractivity contribution in [3.8, 4) is 0 Å². The van der Waals surface area contributed by atoms with E-state index in [-0.39, 0.29) is 0 Å². The van der Waals surface area contributed by atoms with Crippen molar-refractivity contribution in [3.63, 3.8) is 0 Å². The van der Waals surface area contributed by atoms with Gasteiger partial charge in [-0.05, 0) is 13.8 Å². The molecule has 0 bridgehead atoms. The Morgan fingerprint density at radius 1 is 1.08 bits per heavy atom. The summed E-state index contributed by atoms with van der Waals surface area (Å²) in [6.07, 6.45) is 0. The van der Waals surface area contributed by atoms with Crippen LogP contribution in [0.4, 0.5) is 0 Å². The molecule has 0 heterocycles. The molecule has 0 aliphatic heterocycles.